The molecular weight excluding hydrogens is 178 g/mol. The van der Waals surface area contributed by atoms with E-state index in [0.717, 1.165) is 22.0 Å². The van der Waals surface area contributed by atoms with Crippen LogP contribution in [0.15, 0.2) is 18.3 Å². The first kappa shape index (κ1) is 8.81. The maximum absolute atomic E-state index is 10.9. The third kappa shape index (κ3) is 1.18. The minimum Gasteiger partial charge on any atom is -0.478 e. The van der Waals surface area contributed by atoms with Crippen molar-refractivity contribution < 1.29 is 9.90 Å². The smallest absolute Gasteiger partial charge is 0.336 e. The van der Waals surface area contributed by atoms with E-state index in [1.54, 1.807) is 6.07 Å². The Hall–Kier alpha value is -1.77. The summed E-state index contributed by atoms with van der Waals surface area (Å²) in [7, 11) is 0. The van der Waals surface area contributed by atoms with Crippen molar-refractivity contribution in [1.29, 1.82) is 0 Å². The number of nitrogens with one attached hydrogen (secondary N) is 1. The highest BCUT2D eigenvalue weighted by Gasteiger charge is 2.09. The predicted octanol–water partition coefficient (Wildman–Crippen LogP) is 2.48. The van der Waals surface area contributed by atoms with Crippen LogP contribution in [0.1, 0.15) is 21.5 Å². The van der Waals surface area contributed by atoms with Crippen LogP contribution in [0.2, 0.25) is 0 Å². The van der Waals surface area contributed by atoms with Gasteiger partial charge in [0, 0.05) is 17.1 Å². The van der Waals surface area contributed by atoms with Crippen LogP contribution in [-0.2, 0) is 0 Å². The number of fused-ring (bicyclic) bond motifs is 1. The van der Waals surface area contributed by atoms with Crippen LogP contribution >= 0.6 is 0 Å². The molecule has 2 N–H and O–H groups in total. The number of hydrogen-bond donors (Lipinski definition) is 2. The molecule has 0 amide bonds. The zero-order valence-corrected chi connectivity index (χ0v) is 8.09. The van der Waals surface area contributed by atoms with Gasteiger partial charge in [0.15, 0.2) is 0 Å². The largest absolute Gasteiger partial charge is 0.478 e. The lowest BCUT2D eigenvalue weighted by Crippen LogP contribution is -1.99. The minimum absolute atomic E-state index is 0.361. The van der Waals surface area contributed by atoms with Gasteiger partial charge in [0.25, 0.3) is 0 Å². The van der Waals surface area contributed by atoms with Gasteiger partial charge in [-0.1, -0.05) is 0 Å². The molecular formula is C11H11NO2. The highest BCUT2D eigenvalue weighted by Crippen LogP contribution is 2.21. The molecule has 0 saturated heterocycles. The molecule has 14 heavy (non-hydrogen) atoms. The van der Waals surface area contributed by atoms with Crippen LogP contribution in [-0.4, -0.2) is 16.1 Å². The van der Waals surface area contributed by atoms with Gasteiger partial charge < -0.3 is 10.1 Å². The van der Waals surface area contributed by atoms with Crippen LogP contribution in [0, 0.1) is 13.8 Å². The minimum atomic E-state index is -0.878. The Kier molecular flexibility index (Phi) is 1.81. The highest BCUT2D eigenvalue weighted by molar-refractivity contribution is 5.96. The van der Waals surface area contributed by atoms with Crippen LogP contribution in [0.3, 0.4) is 0 Å². The number of hydrogen-bond acceptors (Lipinski definition) is 1. The standard InChI is InChI=1S/C11H11NO2/c1-6-3-8-7(2)5-12-10(8)4-9(6)11(13)14/h3-5,12H,1-2H3,(H,13,14). The van der Waals surface area contributed by atoms with E-state index in [1.807, 2.05) is 26.1 Å². The molecule has 1 aromatic heterocycles. The Labute approximate surface area is 81.4 Å². The third-order valence-corrected chi connectivity index (χ3v) is 2.46. The van der Waals surface area contributed by atoms with Gasteiger partial charge in [0.05, 0.1) is 5.56 Å². The molecule has 0 radical (unpaired) electrons. The molecule has 2 rings (SSSR count). The normalized spacial score (nSPS) is 10.7. The summed E-state index contributed by atoms with van der Waals surface area (Å²) in [6, 6.07) is 3.59. The topological polar surface area (TPSA) is 53.1 Å². The molecule has 0 saturated carbocycles. The van der Waals surface area contributed by atoms with Gasteiger partial charge >= 0.3 is 5.97 Å². The second kappa shape index (κ2) is 2.87. The molecule has 0 aliphatic rings. The Balaban J connectivity index is 2.79. The number of aromatic carboxylic acids is 1. The Bertz CT molecular complexity index is 511. The lowest BCUT2D eigenvalue weighted by Gasteiger charge is -2.01. The van der Waals surface area contributed by atoms with Crippen molar-refractivity contribution in [3.8, 4) is 0 Å². The van der Waals surface area contributed by atoms with E-state index in [9.17, 15) is 4.79 Å². The van der Waals surface area contributed by atoms with Crippen LogP contribution in [0.5, 0.6) is 0 Å². The van der Waals surface area contributed by atoms with Crippen molar-refractivity contribution in [3.63, 3.8) is 0 Å². The second-order valence-electron chi connectivity index (χ2n) is 3.49. The summed E-state index contributed by atoms with van der Waals surface area (Å²) in [5, 5.41) is 10.0. The molecule has 0 bridgehead atoms. The fraction of sp³-hybridized carbons (Fsp3) is 0.182. The van der Waals surface area contributed by atoms with E-state index >= 15 is 0 Å². The summed E-state index contributed by atoms with van der Waals surface area (Å²) in [5.41, 5.74) is 3.18. The maximum Gasteiger partial charge on any atom is 0.336 e. The molecule has 72 valence electrons. The number of aromatic amines is 1. The quantitative estimate of drug-likeness (QED) is 0.724. The molecule has 1 aromatic carbocycles. The zero-order valence-electron chi connectivity index (χ0n) is 8.09. The van der Waals surface area contributed by atoms with Crippen LogP contribution < -0.4 is 0 Å². The first-order valence-electron chi connectivity index (χ1n) is 4.41. The van der Waals surface area contributed by atoms with E-state index in [0.29, 0.717) is 5.56 Å². The van der Waals surface area contributed by atoms with Gasteiger partial charge in [-0.25, -0.2) is 4.79 Å². The molecule has 0 aliphatic heterocycles. The number of rotatable bonds is 1. The molecule has 0 aliphatic carbocycles. The lowest BCUT2D eigenvalue weighted by molar-refractivity contribution is 0.0696. The molecule has 0 atom stereocenters. The zero-order chi connectivity index (χ0) is 10.3. The van der Waals surface area contributed by atoms with Crippen LogP contribution in [0.25, 0.3) is 10.9 Å². The monoisotopic (exact) mass is 189 g/mol. The van der Waals surface area contributed by atoms with E-state index in [1.165, 1.54) is 0 Å². The predicted molar refractivity (Wildman–Crippen MR) is 54.7 cm³/mol. The fourth-order valence-electron chi connectivity index (χ4n) is 1.65. The number of carboxylic acids is 1. The summed E-state index contributed by atoms with van der Waals surface area (Å²) in [5.74, 6) is -0.878. The Morgan fingerprint density at radius 3 is 2.64 bits per heavy atom. The highest BCUT2D eigenvalue weighted by atomic mass is 16.4. The number of benzene rings is 1. The van der Waals surface area contributed by atoms with Crippen molar-refractivity contribution >= 4 is 16.9 Å². The van der Waals surface area contributed by atoms with Crippen molar-refractivity contribution in [3.05, 3.63) is 35.0 Å². The van der Waals surface area contributed by atoms with Crippen molar-refractivity contribution in [2.75, 3.05) is 0 Å². The number of carbonyl (C=O) groups is 1. The summed E-state index contributed by atoms with van der Waals surface area (Å²) >= 11 is 0. The van der Waals surface area contributed by atoms with Gasteiger partial charge in [0.1, 0.15) is 0 Å². The summed E-state index contributed by atoms with van der Waals surface area (Å²) in [4.78, 5) is 13.9. The van der Waals surface area contributed by atoms with Gasteiger partial charge in [-0.2, -0.15) is 0 Å². The number of carboxylic acid groups (broad SMARTS) is 1. The fourth-order valence-corrected chi connectivity index (χ4v) is 1.65. The van der Waals surface area contributed by atoms with Crippen molar-refractivity contribution in [2.45, 2.75) is 13.8 Å². The van der Waals surface area contributed by atoms with E-state index in [4.69, 9.17) is 5.11 Å². The Morgan fingerprint density at radius 1 is 1.29 bits per heavy atom. The molecule has 2 aromatic rings. The average Bonchev–Trinajstić information content (AvgIpc) is 2.46. The summed E-state index contributed by atoms with van der Waals surface area (Å²) < 4.78 is 0. The SMILES string of the molecule is Cc1cc2c(C)c[nH]c2cc1C(=O)O. The first-order valence-corrected chi connectivity index (χ1v) is 4.41. The second-order valence-corrected chi connectivity index (χ2v) is 3.49. The van der Waals surface area contributed by atoms with E-state index < -0.39 is 5.97 Å². The number of aryl methyl sites for hydroxylation is 2. The molecule has 3 nitrogen and oxygen atoms in total. The van der Waals surface area contributed by atoms with Crippen molar-refractivity contribution in [2.24, 2.45) is 0 Å². The average molecular weight is 189 g/mol. The molecule has 0 spiro atoms. The third-order valence-electron chi connectivity index (χ3n) is 2.46. The maximum atomic E-state index is 10.9. The van der Waals surface area contributed by atoms with E-state index in [-0.39, 0.29) is 0 Å². The summed E-state index contributed by atoms with van der Waals surface area (Å²) in [6.07, 6.45) is 1.88. The van der Waals surface area contributed by atoms with E-state index in [2.05, 4.69) is 4.98 Å². The molecule has 1 heterocycles. The van der Waals surface area contributed by atoms with Crippen molar-refractivity contribution in [1.82, 2.24) is 4.98 Å². The van der Waals surface area contributed by atoms with Gasteiger partial charge in [-0.05, 0) is 37.1 Å². The molecule has 0 fully saturated rings. The Morgan fingerprint density at radius 2 is 2.00 bits per heavy atom. The van der Waals surface area contributed by atoms with Gasteiger partial charge in [-0.3, -0.25) is 0 Å². The molecule has 0 unspecified atom stereocenters. The summed E-state index contributed by atoms with van der Waals surface area (Å²) in [6.45, 7) is 3.81. The molecule has 3 heteroatoms. The van der Waals surface area contributed by atoms with Gasteiger partial charge in [-0.15, -0.1) is 0 Å². The van der Waals surface area contributed by atoms with Gasteiger partial charge in [0.2, 0.25) is 0 Å². The van der Waals surface area contributed by atoms with Crippen LogP contribution in [0.4, 0.5) is 0 Å². The number of aromatic nitrogens is 1. The first-order chi connectivity index (χ1) is 6.59. The lowest BCUT2D eigenvalue weighted by atomic mass is 10.0. The number of H-pyrrole nitrogens is 1.